The van der Waals surface area contributed by atoms with E-state index >= 15 is 0 Å². The number of hydrogen-bond donors (Lipinski definition) is 3. The molecule has 0 aromatic heterocycles. The maximum absolute atomic E-state index is 7.50. The van der Waals surface area contributed by atoms with Crippen molar-refractivity contribution in [3.8, 4) is 5.75 Å². The molecule has 24 heavy (non-hydrogen) atoms. The summed E-state index contributed by atoms with van der Waals surface area (Å²) < 4.78 is 5.92. The molecule has 4 heteroatoms. The fourth-order valence-corrected chi connectivity index (χ4v) is 2.65. The van der Waals surface area contributed by atoms with Crippen LogP contribution in [-0.2, 0) is 6.54 Å². The third-order valence-corrected chi connectivity index (χ3v) is 3.92. The molecule has 0 spiro atoms. The van der Waals surface area contributed by atoms with Gasteiger partial charge in [0.05, 0.1) is 0 Å². The molecule has 0 aliphatic heterocycles. The van der Waals surface area contributed by atoms with Gasteiger partial charge in [-0.05, 0) is 35.2 Å². The third-order valence-electron chi connectivity index (χ3n) is 3.92. The Hall–Kier alpha value is -2.85. The summed E-state index contributed by atoms with van der Waals surface area (Å²) >= 11 is 0. The van der Waals surface area contributed by atoms with Gasteiger partial charge in [-0.3, -0.25) is 0 Å². The quantitative estimate of drug-likeness (QED) is 0.354. The second-order valence-corrected chi connectivity index (χ2v) is 5.61. The third kappa shape index (κ3) is 3.73. The summed E-state index contributed by atoms with van der Waals surface area (Å²) in [6.45, 7) is 2.13. The van der Waals surface area contributed by atoms with Crippen LogP contribution in [0.25, 0.3) is 10.8 Å². The van der Waals surface area contributed by atoms with Crippen LogP contribution in [0.5, 0.6) is 5.75 Å². The summed E-state index contributed by atoms with van der Waals surface area (Å²) in [5.41, 5.74) is 8.56. The molecular formula is C20H21N3O. The Labute approximate surface area is 141 Å². The van der Waals surface area contributed by atoms with Gasteiger partial charge in [-0.15, -0.1) is 0 Å². The summed E-state index contributed by atoms with van der Waals surface area (Å²) in [5, 5.41) is 12.9. The molecule has 4 nitrogen and oxygen atoms in total. The van der Waals surface area contributed by atoms with E-state index in [4.69, 9.17) is 15.9 Å². The number of rotatable bonds is 7. The van der Waals surface area contributed by atoms with E-state index < -0.39 is 0 Å². The summed E-state index contributed by atoms with van der Waals surface area (Å²) in [6.07, 6.45) is 1.38. The largest absolute Gasteiger partial charge is 0.492 e. The van der Waals surface area contributed by atoms with Gasteiger partial charge in [0, 0.05) is 35.9 Å². The normalized spacial score (nSPS) is 10.7. The summed E-state index contributed by atoms with van der Waals surface area (Å²) in [7, 11) is 0. The van der Waals surface area contributed by atoms with Crippen LogP contribution < -0.4 is 15.8 Å². The number of benzene rings is 3. The number of nitrogens with one attached hydrogen (secondary N) is 2. The zero-order valence-electron chi connectivity index (χ0n) is 13.5. The van der Waals surface area contributed by atoms with E-state index in [2.05, 4.69) is 5.32 Å². The molecule has 0 fully saturated rings. The number of anilines is 1. The van der Waals surface area contributed by atoms with Crippen LogP contribution in [0.1, 0.15) is 11.1 Å². The first-order valence-corrected chi connectivity index (χ1v) is 7.98. The maximum atomic E-state index is 7.50. The van der Waals surface area contributed by atoms with Gasteiger partial charge in [-0.1, -0.05) is 36.4 Å². The Bertz CT molecular complexity index is 828. The zero-order chi connectivity index (χ0) is 16.8. The van der Waals surface area contributed by atoms with Crippen molar-refractivity contribution in [3.05, 3.63) is 71.8 Å². The second kappa shape index (κ2) is 7.62. The molecule has 3 aromatic rings. The van der Waals surface area contributed by atoms with Crippen molar-refractivity contribution in [2.75, 3.05) is 18.9 Å². The summed E-state index contributed by atoms with van der Waals surface area (Å²) in [4.78, 5) is 0. The van der Waals surface area contributed by atoms with E-state index in [0.717, 1.165) is 40.9 Å². The van der Waals surface area contributed by atoms with Gasteiger partial charge in [0.1, 0.15) is 12.4 Å². The van der Waals surface area contributed by atoms with Crippen LogP contribution in [0.15, 0.2) is 60.7 Å². The molecule has 0 radical (unpaired) electrons. The van der Waals surface area contributed by atoms with Gasteiger partial charge in [0.25, 0.3) is 0 Å². The molecule has 0 saturated heterocycles. The first kappa shape index (κ1) is 16.0. The van der Waals surface area contributed by atoms with Gasteiger partial charge in [-0.25, -0.2) is 0 Å². The second-order valence-electron chi connectivity index (χ2n) is 5.61. The molecule has 4 N–H and O–H groups in total. The Morgan fingerprint density at radius 1 is 0.958 bits per heavy atom. The highest BCUT2D eigenvalue weighted by Gasteiger charge is 2.05. The molecule has 122 valence electrons. The van der Waals surface area contributed by atoms with Crippen molar-refractivity contribution in [2.24, 2.45) is 0 Å². The van der Waals surface area contributed by atoms with Crippen LogP contribution in [-0.4, -0.2) is 19.4 Å². The van der Waals surface area contributed by atoms with Crippen molar-refractivity contribution in [1.82, 2.24) is 5.32 Å². The molecule has 3 rings (SSSR count). The lowest BCUT2D eigenvalue weighted by Crippen LogP contribution is -2.20. The van der Waals surface area contributed by atoms with Crippen molar-refractivity contribution in [3.63, 3.8) is 0 Å². The fraction of sp³-hybridized carbons (Fsp3) is 0.150. The van der Waals surface area contributed by atoms with Gasteiger partial charge in [0.2, 0.25) is 0 Å². The first-order valence-electron chi connectivity index (χ1n) is 7.98. The topological polar surface area (TPSA) is 71.1 Å². The zero-order valence-corrected chi connectivity index (χ0v) is 13.5. The van der Waals surface area contributed by atoms with Crippen molar-refractivity contribution in [2.45, 2.75) is 6.54 Å². The minimum absolute atomic E-state index is 0.586. The van der Waals surface area contributed by atoms with E-state index in [-0.39, 0.29) is 0 Å². The van der Waals surface area contributed by atoms with E-state index in [1.165, 1.54) is 11.8 Å². The van der Waals surface area contributed by atoms with Crippen LogP contribution in [0, 0.1) is 5.41 Å². The molecule has 0 aliphatic carbocycles. The van der Waals surface area contributed by atoms with Crippen LogP contribution in [0.4, 0.5) is 5.69 Å². The average molecular weight is 319 g/mol. The molecular weight excluding hydrogens is 298 g/mol. The maximum Gasteiger partial charge on any atom is 0.127 e. The first-order chi connectivity index (χ1) is 11.8. The minimum atomic E-state index is 0.586. The lowest BCUT2D eigenvalue weighted by molar-refractivity contribution is 0.317. The lowest BCUT2D eigenvalue weighted by atomic mass is 10.0. The lowest BCUT2D eigenvalue weighted by Gasteiger charge is -2.11. The monoisotopic (exact) mass is 319 g/mol. The van der Waals surface area contributed by atoms with Crippen LogP contribution in [0.3, 0.4) is 0 Å². The predicted molar refractivity (Wildman–Crippen MR) is 99.9 cm³/mol. The fourth-order valence-electron chi connectivity index (χ4n) is 2.65. The minimum Gasteiger partial charge on any atom is -0.492 e. The van der Waals surface area contributed by atoms with Crippen molar-refractivity contribution >= 4 is 22.7 Å². The van der Waals surface area contributed by atoms with E-state index in [0.29, 0.717) is 6.61 Å². The van der Waals surface area contributed by atoms with Gasteiger partial charge >= 0.3 is 0 Å². The molecule has 0 bridgehead atoms. The van der Waals surface area contributed by atoms with Crippen LogP contribution in [0.2, 0.25) is 0 Å². The smallest absolute Gasteiger partial charge is 0.127 e. The number of hydrogen-bond acceptors (Lipinski definition) is 4. The summed E-state index contributed by atoms with van der Waals surface area (Å²) in [5.74, 6) is 0.852. The highest BCUT2D eigenvalue weighted by atomic mass is 16.5. The molecule has 3 aromatic carbocycles. The standard InChI is InChI=1S/C20H21N3O/c21-13-16-7-10-20(19-4-2-1-3-18(16)19)24-12-11-23-14-15-5-8-17(22)9-6-15/h1-10,13,21,23H,11-12,14,22H2. The van der Waals surface area contributed by atoms with Gasteiger partial charge < -0.3 is 21.2 Å². The Balaban J connectivity index is 1.56. The average Bonchev–Trinajstić information content (AvgIpc) is 2.63. The van der Waals surface area contributed by atoms with Crippen molar-refractivity contribution in [1.29, 1.82) is 5.41 Å². The molecule has 0 unspecified atom stereocenters. The molecule has 0 atom stereocenters. The molecule has 0 aliphatic rings. The SMILES string of the molecule is N=Cc1ccc(OCCNCc2ccc(N)cc2)c2ccccc12. The van der Waals surface area contributed by atoms with Crippen LogP contribution >= 0.6 is 0 Å². The predicted octanol–water partition coefficient (Wildman–Crippen LogP) is 3.59. The summed E-state index contributed by atoms with van der Waals surface area (Å²) in [6, 6.07) is 19.7. The number of nitrogen functional groups attached to an aromatic ring is 1. The highest BCUT2D eigenvalue weighted by Crippen LogP contribution is 2.27. The molecule has 0 saturated carbocycles. The number of ether oxygens (including phenoxy) is 1. The number of nitrogens with two attached hydrogens (primary N) is 1. The Morgan fingerprint density at radius 2 is 1.71 bits per heavy atom. The van der Waals surface area contributed by atoms with Gasteiger partial charge in [-0.2, -0.15) is 0 Å². The van der Waals surface area contributed by atoms with Gasteiger partial charge in [0.15, 0.2) is 0 Å². The number of fused-ring (bicyclic) bond motifs is 1. The molecule has 0 amide bonds. The van der Waals surface area contributed by atoms with Crippen molar-refractivity contribution < 1.29 is 4.74 Å². The Morgan fingerprint density at radius 3 is 2.46 bits per heavy atom. The molecule has 0 heterocycles. The Kier molecular flexibility index (Phi) is 5.08. The van der Waals surface area contributed by atoms with E-state index in [9.17, 15) is 0 Å². The van der Waals surface area contributed by atoms with E-state index in [1.54, 1.807) is 0 Å². The van der Waals surface area contributed by atoms with E-state index in [1.807, 2.05) is 60.7 Å². The highest BCUT2D eigenvalue weighted by molar-refractivity contribution is 6.01.